The number of para-hydroxylation sites is 2. The predicted molar refractivity (Wildman–Crippen MR) is 135 cm³/mol. The van der Waals surface area contributed by atoms with Gasteiger partial charge in [-0.25, -0.2) is 4.68 Å². The maximum Gasteiger partial charge on any atom is 0.274 e. The number of hydrogen-bond donors (Lipinski definition) is 1. The van der Waals surface area contributed by atoms with Crippen molar-refractivity contribution in [2.24, 2.45) is 0 Å². The van der Waals surface area contributed by atoms with Crippen LogP contribution in [0.25, 0.3) is 43.1 Å². The predicted octanol–water partition coefficient (Wildman–Crippen LogP) is 5.29. The minimum absolute atomic E-state index is 0.114. The quantitative estimate of drug-likeness (QED) is 0.387. The molecule has 6 rings (SSSR count). The zero-order valence-electron chi connectivity index (χ0n) is 17.8. The standard InChI is InChI=1S/C27H21N3O2S/c31-18(16-29-23-12-5-3-8-19(23)20-9-4-6-13-24(20)29)17-30-27(32)22-11-2-1-10-21(22)26(28-30)25-14-7-15-33-25/h1-15,18,31H,16-17H2/t18-/m0/s1. The second-order valence-electron chi connectivity index (χ2n) is 8.16. The van der Waals surface area contributed by atoms with Gasteiger partial charge in [-0.1, -0.05) is 60.7 Å². The summed E-state index contributed by atoms with van der Waals surface area (Å²) in [6.07, 6.45) is -0.785. The highest BCUT2D eigenvalue weighted by atomic mass is 32.1. The molecule has 6 heteroatoms. The zero-order chi connectivity index (χ0) is 22.4. The summed E-state index contributed by atoms with van der Waals surface area (Å²) in [6.45, 7) is 0.478. The van der Waals surface area contributed by atoms with Crippen LogP contribution >= 0.6 is 11.3 Å². The minimum atomic E-state index is -0.785. The third-order valence-corrected chi connectivity index (χ3v) is 6.96. The van der Waals surface area contributed by atoms with Crippen molar-refractivity contribution in [3.63, 3.8) is 0 Å². The minimum Gasteiger partial charge on any atom is -0.389 e. The van der Waals surface area contributed by atoms with Crippen LogP contribution in [0.2, 0.25) is 0 Å². The molecule has 0 aliphatic carbocycles. The highest BCUT2D eigenvalue weighted by Crippen LogP contribution is 2.30. The second-order valence-corrected chi connectivity index (χ2v) is 9.11. The Kier molecular flexibility index (Phi) is 4.82. The molecular formula is C27H21N3O2S. The van der Waals surface area contributed by atoms with Gasteiger partial charge in [0.05, 0.1) is 29.5 Å². The second kappa shape index (κ2) is 7.99. The monoisotopic (exact) mass is 451 g/mol. The first-order valence-electron chi connectivity index (χ1n) is 10.9. The lowest BCUT2D eigenvalue weighted by atomic mass is 10.1. The molecule has 1 N–H and O–H groups in total. The van der Waals surface area contributed by atoms with Crippen LogP contribution in [0, 0.1) is 0 Å². The lowest BCUT2D eigenvalue weighted by Crippen LogP contribution is -2.31. The van der Waals surface area contributed by atoms with Crippen molar-refractivity contribution in [3.8, 4) is 10.6 Å². The Labute approximate surface area is 193 Å². The van der Waals surface area contributed by atoms with E-state index in [1.165, 1.54) is 4.68 Å². The van der Waals surface area contributed by atoms with Gasteiger partial charge in [-0.05, 0) is 29.6 Å². The van der Waals surface area contributed by atoms with E-state index in [1.807, 2.05) is 66.0 Å². The molecule has 0 saturated heterocycles. The number of thiophene rings is 1. The normalized spacial score (nSPS) is 12.6. The third kappa shape index (κ3) is 3.35. The van der Waals surface area contributed by atoms with E-state index in [2.05, 4.69) is 33.9 Å². The molecule has 0 radical (unpaired) electrons. The van der Waals surface area contributed by atoms with E-state index in [0.717, 1.165) is 37.8 Å². The summed E-state index contributed by atoms with van der Waals surface area (Å²) in [7, 11) is 0. The van der Waals surface area contributed by atoms with E-state index in [4.69, 9.17) is 0 Å². The van der Waals surface area contributed by atoms with Crippen LogP contribution in [0.4, 0.5) is 0 Å². The Morgan fingerprint density at radius 2 is 1.36 bits per heavy atom. The summed E-state index contributed by atoms with van der Waals surface area (Å²) in [5.74, 6) is 0. The topological polar surface area (TPSA) is 60.1 Å². The molecule has 0 aliphatic rings. The van der Waals surface area contributed by atoms with Crippen molar-refractivity contribution in [2.45, 2.75) is 19.2 Å². The summed E-state index contributed by atoms with van der Waals surface area (Å²) >= 11 is 1.59. The van der Waals surface area contributed by atoms with Gasteiger partial charge in [0.15, 0.2) is 0 Å². The number of aliphatic hydroxyl groups is 1. The molecule has 5 nitrogen and oxygen atoms in total. The van der Waals surface area contributed by atoms with Crippen LogP contribution in [0.15, 0.2) is 95.1 Å². The van der Waals surface area contributed by atoms with Crippen molar-refractivity contribution in [2.75, 3.05) is 0 Å². The molecule has 0 saturated carbocycles. The van der Waals surface area contributed by atoms with Crippen LogP contribution in [-0.2, 0) is 13.1 Å². The highest BCUT2D eigenvalue weighted by molar-refractivity contribution is 7.13. The van der Waals surface area contributed by atoms with Gasteiger partial charge in [-0.2, -0.15) is 5.10 Å². The first-order valence-corrected chi connectivity index (χ1v) is 11.8. The zero-order valence-corrected chi connectivity index (χ0v) is 18.6. The Morgan fingerprint density at radius 3 is 2.00 bits per heavy atom. The molecule has 0 unspecified atom stereocenters. The van der Waals surface area contributed by atoms with Crippen molar-refractivity contribution < 1.29 is 5.11 Å². The lowest BCUT2D eigenvalue weighted by Gasteiger charge is -2.16. The van der Waals surface area contributed by atoms with E-state index in [0.29, 0.717) is 11.9 Å². The van der Waals surface area contributed by atoms with Crippen LogP contribution < -0.4 is 5.56 Å². The number of aliphatic hydroxyl groups excluding tert-OH is 1. The van der Waals surface area contributed by atoms with E-state index >= 15 is 0 Å². The fourth-order valence-corrected chi connectivity index (χ4v) is 5.35. The first-order chi connectivity index (χ1) is 16.2. The molecular weight excluding hydrogens is 430 g/mol. The van der Waals surface area contributed by atoms with Crippen molar-refractivity contribution >= 4 is 43.9 Å². The summed E-state index contributed by atoms with van der Waals surface area (Å²) in [4.78, 5) is 14.2. The van der Waals surface area contributed by atoms with Crippen molar-refractivity contribution in [1.29, 1.82) is 0 Å². The van der Waals surface area contributed by atoms with Crippen molar-refractivity contribution in [3.05, 3.63) is 101 Å². The number of benzene rings is 3. The molecule has 0 fully saturated rings. The first kappa shape index (κ1) is 19.9. The van der Waals surface area contributed by atoms with Crippen LogP contribution in [-0.4, -0.2) is 25.6 Å². The molecule has 162 valence electrons. The average molecular weight is 452 g/mol. The van der Waals surface area contributed by atoms with Gasteiger partial charge >= 0.3 is 0 Å². The number of nitrogens with zero attached hydrogens (tertiary/aromatic N) is 3. The smallest absolute Gasteiger partial charge is 0.274 e. The molecule has 3 aromatic carbocycles. The SMILES string of the molecule is O=c1c2ccccc2c(-c2cccs2)nn1C[C@@H](O)Cn1c2ccccc2c2ccccc21. The molecule has 6 aromatic rings. The van der Waals surface area contributed by atoms with Gasteiger partial charge in [-0.15, -0.1) is 11.3 Å². The Balaban J connectivity index is 1.42. The van der Waals surface area contributed by atoms with Gasteiger partial charge in [0.25, 0.3) is 5.56 Å². The lowest BCUT2D eigenvalue weighted by molar-refractivity contribution is 0.131. The average Bonchev–Trinajstić information content (AvgIpc) is 3.49. The third-order valence-electron chi connectivity index (χ3n) is 6.08. The van der Waals surface area contributed by atoms with Gasteiger partial charge in [0.2, 0.25) is 0 Å². The number of rotatable bonds is 5. The van der Waals surface area contributed by atoms with Crippen LogP contribution in [0.1, 0.15) is 0 Å². The maximum absolute atomic E-state index is 13.2. The number of aromatic nitrogens is 3. The van der Waals surface area contributed by atoms with E-state index < -0.39 is 6.10 Å². The largest absolute Gasteiger partial charge is 0.389 e. The van der Waals surface area contributed by atoms with Gasteiger partial charge in [0.1, 0.15) is 5.69 Å². The molecule has 1 atom stereocenters. The Morgan fingerprint density at radius 1 is 0.758 bits per heavy atom. The molecule has 3 heterocycles. The van der Waals surface area contributed by atoms with E-state index in [9.17, 15) is 9.90 Å². The van der Waals surface area contributed by atoms with Gasteiger partial charge in [0, 0.05) is 27.2 Å². The summed E-state index contributed by atoms with van der Waals surface area (Å²) in [5, 5.41) is 21.5. The van der Waals surface area contributed by atoms with Gasteiger partial charge < -0.3 is 9.67 Å². The number of fused-ring (bicyclic) bond motifs is 4. The van der Waals surface area contributed by atoms with Crippen LogP contribution in [0.5, 0.6) is 0 Å². The van der Waals surface area contributed by atoms with Crippen LogP contribution in [0.3, 0.4) is 0 Å². The summed E-state index contributed by atoms with van der Waals surface area (Å²) in [6, 6.07) is 27.9. The molecule has 0 bridgehead atoms. The Hall–Kier alpha value is -3.74. The Bertz CT molecular complexity index is 1610. The van der Waals surface area contributed by atoms with Gasteiger partial charge in [-0.3, -0.25) is 4.79 Å². The summed E-state index contributed by atoms with van der Waals surface area (Å²) < 4.78 is 3.54. The van der Waals surface area contributed by atoms with E-state index in [1.54, 1.807) is 11.3 Å². The fourth-order valence-electron chi connectivity index (χ4n) is 4.62. The van der Waals surface area contributed by atoms with Crippen molar-refractivity contribution in [1.82, 2.24) is 14.3 Å². The number of hydrogen-bond acceptors (Lipinski definition) is 4. The fraction of sp³-hybridized carbons (Fsp3) is 0.111. The van der Waals surface area contributed by atoms with E-state index in [-0.39, 0.29) is 12.1 Å². The maximum atomic E-state index is 13.2. The summed E-state index contributed by atoms with van der Waals surface area (Å²) in [5.41, 5.74) is 2.71. The molecule has 0 spiro atoms. The highest BCUT2D eigenvalue weighted by Gasteiger charge is 2.17. The molecule has 3 aromatic heterocycles. The molecule has 33 heavy (non-hydrogen) atoms. The molecule has 0 aliphatic heterocycles. The molecule has 0 amide bonds.